The Morgan fingerprint density at radius 2 is 2.33 bits per heavy atom. The van der Waals surface area contributed by atoms with Crippen LogP contribution in [0.3, 0.4) is 0 Å². The summed E-state index contributed by atoms with van der Waals surface area (Å²) in [6, 6.07) is 4.72. The third-order valence-corrected chi connectivity index (χ3v) is 3.83. The molecule has 2 rings (SSSR count). The highest BCUT2D eigenvalue weighted by Crippen LogP contribution is 2.35. The van der Waals surface area contributed by atoms with Crippen LogP contribution in [0.15, 0.2) is 30.9 Å². The molecule has 1 fully saturated rings. The van der Waals surface area contributed by atoms with E-state index in [4.69, 9.17) is 11.6 Å². The van der Waals surface area contributed by atoms with E-state index in [2.05, 4.69) is 6.58 Å². The minimum Gasteiger partial charge on any atom is -0.370 e. The molecule has 4 heteroatoms. The second kappa shape index (κ2) is 4.73. The zero-order chi connectivity index (χ0) is 13.3. The predicted octanol–water partition coefficient (Wildman–Crippen LogP) is 3.45. The lowest BCUT2D eigenvalue weighted by molar-refractivity contribution is -0.121. The Morgan fingerprint density at radius 1 is 1.61 bits per heavy atom. The van der Waals surface area contributed by atoms with E-state index >= 15 is 0 Å². The van der Waals surface area contributed by atoms with Gasteiger partial charge in [-0.1, -0.05) is 25.1 Å². The average Bonchev–Trinajstić information content (AvgIpc) is 2.76. The van der Waals surface area contributed by atoms with Gasteiger partial charge in [0.2, 0.25) is 0 Å². The molecular formula is C14H15ClFNO. The molecule has 1 atom stereocenters. The van der Waals surface area contributed by atoms with Crippen LogP contribution in [-0.2, 0) is 4.79 Å². The summed E-state index contributed by atoms with van der Waals surface area (Å²) in [5.41, 5.74) is 0.343. The van der Waals surface area contributed by atoms with Crippen molar-refractivity contribution in [3.8, 4) is 0 Å². The van der Waals surface area contributed by atoms with Gasteiger partial charge >= 0.3 is 0 Å². The maximum Gasteiger partial charge on any atom is 0.162 e. The maximum absolute atomic E-state index is 13.4. The number of halogens is 2. The summed E-state index contributed by atoms with van der Waals surface area (Å²) in [6.07, 6.45) is 2.12. The first-order valence-corrected chi connectivity index (χ1v) is 6.21. The van der Waals surface area contributed by atoms with Crippen molar-refractivity contribution in [3.05, 3.63) is 41.7 Å². The molecule has 0 N–H and O–H groups in total. The number of hydrogen-bond donors (Lipinski definition) is 0. The van der Waals surface area contributed by atoms with Crippen molar-refractivity contribution in [2.75, 3.05) is 18.0 Å². The molecule has 1 unspecified atom stereocenters. The highest BCUT2D eigenvalue weighted by molar-refractivity contribution is 6.30. The van der Waals surface area contributed by atoms with E-state index in [-0.39, 0.29) is 10.8 Å². The molecule has 0 amide bonds. The lowest BCUT2D eigenvalue weighted by Crippen LogP contribution is -2.30. The van der Waals surface area contributed by atoms with Crippen molar-refractivity contribution in [1.29, 1.82) is 0 Å². The second-order valence-electron chi connectivity index (χ2n) is 4.90. The molecule has 0 aliphatic carbocycles. The summed E-state index contributed by atoms with van der Waals surface area (Å²) in [5, 5.41) is 0.114. The van der Waals surface area contributed by atoms with Crippen LogP contribution in [0, 0.1) is 11.2 Å². The summed E-state index contributed by atoms with van der Waals surface area (Å²) in [7, 11) is 0. The van der Waals surface area contributed by atoms with Crippen LogP contribution in [0.1, 0.15) is 13.3 Å². The minimum absolute atomic E-state index is 0.0411. The number of rotatable bonds is 3. The van der Waals surface area contributed by atoms with Crippen LogP contribution in [0.2, 0.25) is 5.02 Å². The largest absolute Gasteiger partial charge is 0.370 e. The van der Waals surface area contributed by atoms with E-state index in [1.54, 1.807) is 6.07 Å². The lowest BCUT2D eigenvalue weighted by atomic mass is 9.85. The molecule has 18 heavy (non-hydrogen) atoms. The fourth-order valence-electron chi connectivity index (χ4n) is 2.31. The molecule has 1 heterocycles. The van der Waals surface area contributed by atoms with Gasteiger partial charge < -0.3 is 4.90 Å². The van der Waals surface area contributed by atoms with E-state index in [0.29, 0.717) is 6.54 Å². The van der Waals surface area contributed by atoms with E-state index < -0.39 is 11.2 Å². The van der Waals surface area contributed by atoms with Crippen molar-refractivity contribution < 1.29 is 9.18 Å². The summed E-state index contributed by atoms with van der Waals surface area (Å²) in [6.45, 7) is 6.76. The van der Waals surface area contributed by atoms with Gasteiger partial charge in [0.15, 0.2) is 5.78 Å². The average molecular weight is 268 g/mol. The van der Waals surface area contributed by atoms with Crippen LogP contribution in [0.5, 0.6) is 0 Å². The Labute approximate surface area is 111 Å². The van der Waals surface area contributed by atoms with Crippen molar-refractivity contribution in [1.82, 2.24) is 0 Å². The monoisotopic (exact) mass is 267 g/mol. The van der Waals surface area contributed by atoms with Gasteiger partial charge in [0.25, 0.3) is 0 Å². The predicted molar refractivity (Wildman–Crippen MR) is 71.6 cm³/mol. The van der Waals surface area contributed by atoms with Crippen molar-refractivity contribution in [3.63, 3.8) is 0 Å². The number of anilines is 1. The summed E-state index contributed by atoms with van der Waals surface area (Å²) in [5.74, 6) is -0.391. The molecule has 0 radical (unpaired) electrons. The minimum atomic E-state index is -0.433. The Balaban J connectivity index is 2.20. The summed E-state index contributed by atoms with van der Waals surface area (Å²) < 4.78 is 13.4. The molecule has 0 saturated carbocycles. The van der Waals surface area contributed by atoms with Gasteiger partial charge in [-0.3, -0.25) is 4.79 Å². The zero-order valence-electron chi connectivity index (χ0n) is 10.2. The Morgan fingerprint density at radius 3 is 2.94 bits per heavy atom. The fourth-order valence-corrected chi connectivity index (χ4v) is 2.43. The van der Waals surface area contributed by atoms with Crippen LogP contribution in [0.4, 0.5) is 10.1 Å². The molecule has 1 aromatic carbocycles. The van der Waals surface area contributed by atoms with Crippen LogP contribution in [-0.4, -0.2) is 18.9 Å². The lowest BCUT2D eigenvalue weighted by Gasteiger charge is -2.23. The fraction of sp³-hybridized carbons (Fsp3) is 0.357. The molecular weight excluding hydrogens is 253 g/mol. The Kier molecular flexibility index (Phi) is 3.44. The SMILES string of the molecule is C=CC(=O)C1(C)CCN(c2ccc(Cl)c(F)c2)C1. The van der Waals surface area contributed by atoms with E-state index in [9.17, 15) is 9.18 Å². The molecule has 2 nitrogen and oxygen atoms in total. The Bertz CT molecular complexity index is 503. The standard InChI is InChI=1S/C14H15ClFNO/c1-3-13(18)14(2)6-7-17(9-14)10-4-5-11(15)12(16)8-10/h3-5,8H,1,6-7,9H2,2H3. The number of allylic oxidation sites excluding steroid dienone is 1. The molecule has 96 valence electrons. The number of nitrogens with zero attached hydrogens (tertiary/aromatic N) is 1. The summed E-state index contributed by atoms with van der Waals surface area (Å²) >= 11 is 5.66. The topological polar surface area (TPSA) is 20.3 Å². The number of hydrogen-bond acceptors (Lipinski definition) is 2. The highest BCUT2D eigenvalue weighted by Gasteiger charge is 2.38. The molecule has 0 aromatic heterocycles. The van der Waals surface area contributed by atoms with Crippen LogP contribution >= 0.6 is 11.6 Å². The molecule has 1 saturated heterocycles. The number of carbonyl (C=O) groups is 1. The first kappa shape index (κ1) is 13.1. The third kappa shape index (κ3) is 2.27. The van der Waals surface area contributed by atoms with Crippen molar-refractivity contribution in [2.24, 2.45) is 5.41 Å². The number of carbonyl (C=O) groups excluding carboxylic acids is 1. The molecule has 1 aliphatic rings. The van der Waals surface area contributed by atoms with Crippen molar-refractivity contribution in [2.45, 2.75) is 13.3 Å². The van der Waals surface area contributed by atoms with Gasteiger partial charge in [-0.2, -0.15) is 0 Å². The first-order chi connectivity index (χ1) is 8.46. The van der Waals surface area contributed by atoms with Gasteiger partial charge in [0.1, 0.15) is 5.82 Å². The van der Waals surface area contributed by atoms with Crippen LogP contribution in [0.25, 0.3) is 0 Å². The normalized spacial score (nSPS) is 23.2. The molecule has 0 spiro atoms. The van der Waals surface area contributed by atoms with Crippen molar-refractivity contribution >= 4 is 23.1 Å². The maximum atomic E-state index is 13.4. The zero-order valence-corrected chi connectivity index (χ0v) is 11.0. The van der Waals surface area contributed by atoms with E-state index in [0.717, 1.165) is 18.7 Å². The second-order valence-corrected chi connectivity index (χ2v) is 5.31. The van der Waals surface area contributed by atoms with Gasteiger partial charge in [-0.15, -0.1) is 0 Å². The first-order valence-electron chi connectivity index (χ1n) is 5.83. The molecule has 0 bridgehead atoms. The van der Waals surface area contributed by atoms with Gasteiger partial charge in [0.05, 0.1) is 5.02 Å². The van der Waals surface area contributed by atoms with E-state index in [1.165, 1.54) is 18.2 Å². The third-order valence-electron chi connectivity index (χ3n) is 3.52. The quantitative estimate of drug-likeness (QED) is 0.782. The van der Waals surface area contributed by atoms with Gasteiger partial charge in [-0.25, -0.2) is 4.39 Å². The number of ketones is 1. The van der Waals surface area contributed by atoms with Gasteiger partial charge in [-0.05, 0) is 30.7 Å². The summed E-state index contributed by atoms with van der Waals surface area (Å²) in [4.78, 5) is 13.8. The van der Waals surface area contributed by atoms with Crippen LogP contribution < -0.4 is 4.90 Å². The Hall–Kier alpha value is -1.35. The number of benzene rings is 1. The van der Waals surface area contributed by atoms with E-state index in [1.807, 2.05) is 11.8 Å². The molecule has 1 aromatic rings. The molecule has 1 aliphatic heterocycles. The highest BCUT2D eigenvalue weighted by atomic mass is 35.5. The van der Waals surface area contributed by atoms with Gasteiger partial charge in [0, 0.05) is 24.2 Å². The smallest absolute Gasteiger partial charge is 0.162 e.